The van der Waals surface area contributed by atoms with E-state index >= 15 is 0 Å². The molecule has 2 aliphatic heterocycles. The lowest BCUT2D eigenvalue weighted by molar-refractivity contribution is 0.105. The molecule has 0 bridgehead atoms. The summed E-state index contributed by atoms with van der Waals surface area (Å²) in [5.74, 6) is 0.870. The third kappa shape index (κ3) is 4.33. The Balaban J connectivity index is 1.21. The number of aryl methyl sites for hydroxylation is 1. The smallest absolute Gasteiger partial charge is 0.320 e. The van der Waals surface area contributed by atoms with Crippen molar-refractivity contribution < 1.29 is 9.53 Å². The van der Waals surface area contributed by atoms with Crippen molar-refractivity contribution in [2.24, 2.45) is 7.05 Å². The normalized spacial score (nSPS) is 17.8. The number of fused-ring (bicyclic) bond motifs is 1. The van der Waals surface area contributed by atoms with Gasteiger partial charge in [-0.2, -0.15) is 15.5 Å². The molecule has 0 radical (unpaired) electrons. The highest BCUT2D eigenvalue weighted by molar-refractivity contribution is 5.87. The molecule has 4 aromatic heterocycles. The third-order valence-electron chi connectivity index (χ3n) is 7.45. The molecule has 11 nitrogen and oxygen atoms in total. The number of hydrogen-bond acceptors (Lipinski definition) is 7. The molecule has 1 unspecified atom stereocenters. The van der Waals surface area contributed by atoms with E-state index in [2.05, 4.69) is 27.2 Å². The first kappa shape index (κ1) is 23.9. The van der Waals surface area contributed by atoms with E-state index < -0.39 is 0 Å². The zero-order valence-electron chi connectivity index (χ0n) is 21.5. The average Bonchev–Trinajstić information content (AvgIpc) is 3.72. The molecule has 0 N–H and O–H groups in total. The quantitative estimate of drug-likeness (QED) is 0.414. The van der Waals surface area contributed by atoms with Gasteiger partial charge in [-0.25, -0.2) is 14.3 Å². The summed E-state index contributed by atoms with van der Waals surface area (Å²) in [6.45, 7) is 4.18. The highest BCUT2D eigenvalue weighted by atomic mass is 16.5. The summed E-state index contributed by atoms with van der Waals surface area (Å²) in [5.41, 5.74) is 4.96. The van der Waals surface area contributed by atoms with E-state index in [0.29, 0.717) is 25.2 Å². The largest absolute Gasteiger partial charge is 0.380 e. The van der Waals surface area contributed by atoms with Crippen LogP contribution in [-0.4, -0.2) is 92.7 Å². The summed E-state index contributed by atoms with van der Waals surface area (Å²) in [6.07, 6.45) is 10.1. The number of methoxy groups -OCH3 is 1. The van der Waals surface area contributed by atoms with E-state index in [1.807, 2.05) is 53.8 Å². The maximum absolute atomic E-state index is 12.9. The number of rotatable bonds is 4. The van der Waals surface area contributed by atoms with Crippen LogP contribution in [0.15, 0.2) is 49.2 Å². The minimum Gasteiger partial charge on any atom is -0.380 e. The molecule has 0 spiro atoms. The van der Waals surface area contributed by atoms with Crippen molar-refractivity contribution in [1.82, 2.24) is 34.2 Å². The Morgan fingerprint density at radius 2 is 1.84 bits per heavy atom. The molecule has 11 heteroatoms. The Bertz CT molecular complexity index is 1510. The van der Waals surface area contributed by atoms with Crippen molar-refractivity contribution in [3.8, 4) is 28.3 Å². The topological polar surface area (TPSA) is 108 Å². The summed E-state index contributed by atoms with van der Waals surface area (Å²) in [6, 6.07) is 8.45. The summed E-state index contributed by atoms with van der Waals surface area (Å²) in [4.78, 5) is 23.7. The molecule has 0 saturated carbocycles. The standard InChI is InChI=1S/C27H29N9O2/c1-32-16-22(15-30-32)20-11-24(26-21(12-28)14-31-36(26)17-20)19-3-4-25(29-13-19)33-7-9-34(10-8-33)27(37)35-6-5-23(18-35)38-2/h3-4,11,13-17,23H,5-10,18H2,1-2H3. The number of ether oxygens (including phenoxy) is 1. The van der Waals surface area contributed by atoms with Crippen molar-refractivity contribution in [1.29, 1.82) is 5.26 Å². The monoisotopic (exact) mass is 511 g/mol. The zero-order chi connectivity index (χ0) is 26.2. The molecule has 6 heterocycles. The Morgan fingerprint density at radius 3 is 2.50 bits per heavy atom. The van der Waals surface area contributed by atoms with Gasteiger partial charge in [0.05, 0.1) is 29.6 Å². The van der Waals surface area contributed by atoms with Crippen molar-refractivity contribution in [3.63, 3.8) is 0 Å². The van der Waals surface area contributed by atoms with Crippen LogP contribution in [0.4, 0.5) is 10.6 Å². The number of nitriles is 1. The number of nitrogens with zero attached hydrogens (tertiary/aromatic N) is 9. The van der Waals surface area contributed by atoms with Crippen molar-refractivity contribution >= 4 is 17.4 Å². The van der Waals surface area contributed by atoms with Gasteiger partial charge in [0, 0.05) is 94.3 Å². The van der Waals surface area contributed by atoms with Crippen molar-refractivity contribution in [2.75, 3.05) is 51.3 Å². The van der Waals surface area contributed by atoms with E-state index in [1.54, 1.807) is 22.5 Å². The Morgan fingerprint density at radius 1 is 1.00 bits per heavy atom. The van der Waals surface area contributed by atoms with Crippen LogP contribution in [0.25, 0.3) is 27.8 Å². The van der Waals surface area contributed by atoms with Gasteiger partial charge in [0.2, 0.25) is 0 Å². The number of amides is 2. The number of carbonyl (C=O) groups excluding carboxylic acids is 1. The summed E-state index contributed by atoms with van der Waals surface area (Å²) in [7, 11) is 3.58. The van der Waals surface area contributed by atoms with Gasteiger partial charge in [-0.3, -0.25) is 4.68 Å². The number of urea groups is 1. The maximum Gasteiger partial charge on any atom is 0.320 e. The van der Waals surface area contributed by atoms with Crippen LogP contribution in [0, 0.1) is 11.3 Å². The lowest BCUT2D eigenvalue weighted by atomic mass is 10.0. The number of aromatic nitrogens is 5. The predicted octanol–water partition coefficient (Wildman–Crippen LogP) is 2.63. The Labute approximate surface area is 220 Å². The summed E-state index contributed by atoms with van der Waals surface area (Å²) < 4.78 is 8.91. The number of likely N-dealkylation sites (tertiary alicyclic amines) is 1. The second kappa shape index (κ2) is 9.79. The highest BCUT2D eigenvalue weighted by Crippen LogP contribution is 2.32. The molecule has 0 aliphatic carbocycles. The number of pyridine rings is 2. The van der Waals surface area contributed by atoms with E-state index in [-0.39, 0.29) is 12.1 Å². The van der Waals surface area contributed by atoms with Crippen LogP contribution in [0.1, 0.15) is 12.0 Å². The molecule has 38 heavy (non-hydrogen) atoms. The number of piperazine rings is 1. The molecule has 4 aromatic rings. The average molecular weight is 512 g/mol. The molecule has 2 saturated heterocycles. The lowest BCUT2D eigenvalue weighted by Crippen LogP contribution is -2.52. The van der Waals surface area contributed by atoms with Gasteiger partial charge in [-0.05, 0) is 24.6 Å². The molecule has 2 aliphatic rings. The summed E-state index contributed by atoms with van der Waals surface area (Å²) in [5, 5.41) is 18.4. The van der Waals surface area contributed by atoms with Crippen LogP contribution in [-0.2, 0) is 11.8 Å². The SMILES string of the molecule is COC1CCN(C(=O)N2CCN(c3ccc(-c4cc(-c5cnn(C)c5)cn5ncc(C#N)c45)cn3)CC2)C1. The minimum absolute atomic E-state index is 0.0964. The number of hydrogen-bond donors (Lipinski definition) is 0. The van der Waals surface area contributed by atoms with Crippen LogP contribution in [0.3, 0.4) is 0 Å². The van der Waals surface area contributed by atoms with E-state index in [1.165, 1.54) is 0 Å². The Kier molecular flexibility index (Phi) is 6.17. The fraction of sp³-hybridized carbons (Fsp3) is 0.370. The van der Waals surface area contributed by atoms with Gasteiger partial charge in [-0.15, -0.1) is 0 Å². The van der Waals surface area contributed by atoms with E-state index in [4.69, 9.17) is 9.72 Å². The first-order valence-corrected chi connectivity index (χ1v) is 12.7. The van der Waals surface area contributed by atoms with Gasteiger partial charge in [0.15, 0.2) is 0 Å². The number of anilines is 1. The fourth-order valence-corrected chi connectivity index (χ4v) is 5.31. The van der Waals surface area contributed by atoms with Gasteiger partial charge >= 0.3 is 6.03 Å². The molecule has 1 atom stereocenters. The van der Waals surface area contributed by atoms with E-state index in [9.17, 15) is 10.1 Å². The zero-order valence-corrected chi connectivity index (χ0v) is 21.5. The van der Waals surface area contributed by atoms with E-state index in [0.717, 1.165) is 59.6 Å². The molecular formula is C27H29N9O2. The lowest BCUT2D eigenvalue weighted by Gasteiger charge is -2.37. The minimum atomic E-state index is 0.0964. The molecular weight excluding hydrogens is 482 g/mol. The molecule has 2 fully saturated rings. The Hall–Kier alpha value is -4.43. The highest BCUT2D eigenvalue weighted by Gasteiger charge is 2.31. The van der Waals surface area contributed by atoms with Crippen molar-refractivity contribution in [3.05, 3.63) is 54.7 Å². The molecule has 2 amide bonds. The molecule has 6 rings (SSSR count). The van der Waals surface area contributed by atoms with Crippen molar-refractivity contribution in [2.45, 2.75) is 12.5 Å². The predicted molar refractivity (Wildman–Crippen MR) is 142 cm³/mol. The van der Waals surface area contributed by atoms with Gasteiger partial charge in [0.1, 0.15) is 11.9 Å². The maximum atomic E-state index is 12.9. The van der Waals surface area contributed by atoms with Crippen LogP contribution < -0.4 is 4.90 Å². The van der Waals surface area contributed by atoms with Crippen LogP contribution in [0.2, 0.25) is 0 Å². The second-order valence-electron chi connectivity index (χ2n) is 9.76. The fourth-order valence-electron chi connectivity index (χ4n) is 5.31. The summed E-state index contributed by atoms with van der Waals surface area (Å²) >= 11 is 0. The number of carbonyl (C=O) groups is 1. The molecule has 194 valence electrons. The van der Waals surface area contributed by atoms with Crippen LogP contribution in [0.5, 0.6) is 0 Å². The third-order valence-corrected chi connectivity index (χ3v) is 7.45. The first-order chi connectivity index (χ1) is 18.5. The molecule has 0 aromatic carbocycles. The first-order valence-electron chi connectivity index (χ1n) is 12.7. The van der Waals surface area contributed by atoms with Gasteiger partial charge in [-0.1, -0.05) is 0 Å². The van der Waals surface area contributed by atoms with Gasteiger partial charge < -0.3 is 19.4 Å². The second-order valence-corrected chi connectivity index (χ2v) is 9.76. The van der Waals surface area contributed by atoms with Gasteiger partial charge in [0.25, 0.3) is 0 Å². The van der Waals surface area contributed by atoms with Crippen LogP contribution >= 0.6 is 0 Å².